The summed E-state index contributed by atoms with van der Waals surface area (Å²) in [5, 5.41) is 2.80. The van der Waals surface area contributed by atoms with Crippen molar-refractivity contribution in [2.24, 2.45) is 0 Å². The zero-order chi connectivity index (χ0) is 18.8. The number of rotatable bonds is 9. The van der Waals surface area contributed by atoms with Crippen LogP contribution in [0.4, 0.5) is 5.69 Å². The van der Waals surface area contributed by atoms with Crippen LogP contribution >= 0.6 is 27.7 Å². The van der Waals surface area contributed by atoms with Gasteiger partial charge >= 0.3 is 5.97 Å². The van der Waals surface area contributed by atoms with Crippen LogP contribution in [0.5, 0.6) is 0 Å². The van der Waals surface area contributed by atoms with Crippen LogP contribution in [0.25, 0.3) is 0 Å². The number of thioether (sulfide) groups is 1. The lowest BCUT2D eigenvalue weighted by molar-refractivity contribution is -0.115. The molecule has 1 N–H and O–H groups in total. The summed E-state index contributed by atoms with van der Waals surface area (Å²) in [7, 11) is 0. The van der Waals surface area contributed by atoms with Crippen LogP contribution in [0.15, 0.2) is 47.1 Å². The lowest BCUT2D eigenvalue weighted by Crippen LogP contribution is -2.16. The molecule has 7 heteroatoms. The molecule has 1 aromatic heterocycles. The molecule has 0 fully saturated rings. The number of aromatic nitrogens is 1. The first-order valence-electron chi connectivity index (χ1n) is 8.34. The van der Waals surface area contributed by atoms with E-state index in [-0.39, 0.29) is 5.91 Å². The van der Waals surface area contributed by atoms with Gasteiger partial charge in [-0.25, -0.2) is 4.79 Å². The van der Waals surface area contributed by atoms with Crippen LogP contribution in [0, 0.1) is 0 Å². The minimum Gasteiger partial charge on any atom is -0.462 e. The molecule has 5 nitrogen and oxygen atoms in total. The second kappa shape index (κ2) is 11.0. The molecule has 0 spiro atoms. The molecule has 1 amide bonds. The van der Waals surface area contributed by atoms with E-state index in [2.05, 4.69) is 26.2 Å². The Bertz CT molecular complexity index is 741. The van der Waals surface area contributed by atoms with Gasteiger partial charge in [0.05, 0.1) is 23.6 Å². The van der Waals surface area contributed by atoms with Crippen LogP contribution < -0.4 is 5.32 Å². The Hall–Kier alpha value is -1.86. The molecule has 0 bridgehead atoms. The van der Waals surface area contributed by atoms with Gasteiger partial charge < -0.3 is 10.1 Å². The van der Waals surface area contributed by atoms with Gasteiger partial charge in [0.15, 0.2) is 0 Å². The maximum Gasteiger partial charge on any atom is 0.340 e. The van der Waals surface area contributed by atoms with Crippen molar-refractivity contribution in [2.45, 2.75) is 25.5 Å². The van der Waals surface area contributed by atoms with Gasteiger partial charge in [0.1, 0.15) is 0 Å². The zero-order valence-electron chi connectivity index (χ0n) is 14.5. The number of nitrogens with zero attached hydrogens (tertiary/aromatic N) is 1. The molecule has 26 heavy (non-hydrogen) atoms. The lowest BCUT2D eigenvalue weighted by atomic mass is 10.1. The first-order valence-corrected chi connectivity index (χ1v) is 10.3. The molecular weight excluding hydrogens is 416 g/mol. The van der Waals surface area contributed by atoms with Gasteiger partial charge in [-0.1, -0.05) is 28.9 Å². The largest absolute Gasteiger partial charge is 0.462 e. The number of benzene rings is 1. The van der Waals surface area contributed by atoms with E-state index >= 15 is 0 Å². The van der Waals surface area contributed by atoms with E-state index in [1.165, 1.54) is 0 Å². The van der Waals surface area contributed by atoms with Crippen LogP contribution in [-0.2, 0) is 15.3 Å². The van der Waals surface area contributed by atoms with Crippen molar-refractivity contribution in [1.29, 1.82) is 0 Å². The summed E-state index contributed by atoms with van der Waals surface area (Å²) < 4.78 is 5.93. The summed E-state index contributed by atoms with van der Waals surface area (Å²) >= 11 is 4.99. The number of amides is 1. The second-order valence-electron chi connectivity index (χ2n) is 5.50. The van der Waals surface area contributed by atoms with Crippen LogP contribution in [0.2, 0.25) is 0 Å². The summed E-state index contributed by atoms with van der Waals surface area (Å²) in [6.45, 7) is 2.28. The average Bonchev–Trinajstić information content (AvgIpc) is 2.65. The van der Waals surface area contributed by atoms with Crippen molar-refractivity contribution in [2.75, 3.05) is 17.7 Å². The molecular formula is C19H21BrN2O3S. The second-order valence-corrected chi connectivity index (χ2v) is 7.52. The monoisotopic (exact) mass is 436 g/mol. The van der Waals surface area contributed by atoms with Crippen molar-refractivity contribution in [1.82, 2.24) is 4.98 Å². The molecule has 1 heterocycles. The first-order chi connectivity index (χ1) is 12.6. The number of halogens is 1. The molecule has 0 unspecified atom stereocenters. The van der Waals surface area contributed by atoms with Gasteiger partial charge in [-0.05, 0) is 36.8 Å². The highest BCUT2D eigenvalue weighted by Gasteiger charge is 2.15. The number of hydrogen-bond acceptors (Lipinski definition) is 5. The number of ether oxygens (including phenoxy) is 1. The number of hydrogen-bond donors (Lipinski definition) is 1. The van der Waals surface area contributed by atoms with Crippen LogP contribution in [0.3, 0.4) is 0 Å². The molecule has 1 aromatic carbocycles. The fourth-order valence-corrected chi connectivity index (χ4v) is 3.32. The molecule has 0 aliphatic rings. The van der Waals surface area contributed by atoms with Crippen molar-refractivity contribution in [3.8, 4) is 0 Å². The quantitative estimate of drug-likeness (QED) is 0.456. The van der Waals surface area contributed by atoms with Crippen molar-refractivity contribution < 1.29 is 14.3 Å². The number of pyridine rings is 1. The van der Waals surface area contributed by atoms with E-state index in [1.807, 2.05) is 25.1 Å². The Balaban J connectivity index is 1.86. The molecule has 0 radical (unpaired) electrons. The van der Waals surface area contributed by atoms with E-state index < -0.39 is 5.97 Å². The maximum atomic E-state index is 12.2. The average molecular weight is 437 g/mol. The highest BCUT2D eigenvalue weighted by atomic mass is 79.9. The Kier molecular flexibility index (Phi) is 8.64. The van der Waals surface area contributed by atoms with Crippen molar-refractivity contribution in [3.05, 3.63) is 58.3 Å². The predicted molar refractivity (Wildman–Crippen MR) is 108 cm³/mol. The first kappa shape index (κ1) is 20.5. The van der Waals surface area contributed by atoms with Gasteiger partial charge in [0, 0.05) is 28.6 Å². The fourth-order valence-electron chi connectivity index (χ4n) is 2.10. The molecule has 2 aromatic rings. The molecule has 0 atom stereocenters. The van der Waals surface area contributed by atoms with Gasteiger partial charge in [0.2, 0.25) is 5.91 Å². The van der Waals surface area contributed by atoms with Crippen LogP contribution in [0.1, 0.15) is 35.8 Å². The zero-order valence-corrected chi connectivity index (χ0v) is 16.9. The number of nitrogens with one attached hydrogen (secondary N) is 1. The minimum absolute atomic E-state index is 0.134. The standard InChI is InChI=1S/C19H21BrN2O3S/c1-2-10-25-19(24)16-12-14(20)6-7-17(16)22-18(23)8-11-26-13-15-5-3-4-9-21-15/h3-7,9,12H,2,8,10-11,13H2,1H3,(H,22,23). The van der Waals surface area contributed by atoms with Crippen LogP contribution in [-0.4, -0.2) is 29.2 Å². The summed E-state index contributed by atoms with van der Waals surface area (Å²) in [5.74, 6) is 0.869. The van der Waals surface area contributed by atoms with E-state index in [9.17, 15) is 9.59 Å². The van der Waals surface area contributed by atoms with Gasteiger partial charge in [-0.15, -0.1) is 0 Å². The third-order valence-corrected chi connectivity index (χ3v) is 4.85. The number of esters is 1. The molecule has 0 aliphatic carbocycles. The topological polar surface area (TPSA) is 68.3 Å². The van der Waals surface area contributed by atoms with Crippen molar-refractivity contribution in [3.63, 3.8) is 0 Å². The predicted octanol–water partition coefficient (Wildman–Crippen LogP) is 4.67. The maximum absolute atomic E-state index is 12.2. The molecule has 0 saturated carbocycles. The van der Waals surface area contributed by atoms with Gasteiger partial charge in [-0.2, -0.15) is 11.8 Å². The SMILES string of the molecule is CCCOC(=O)c1cc(Br)ccc1NC(=O)CCSCc1ccccn1. The number of carbonyl (C=O) groups excluding carboxylic acids is 2. The fraction of sp³-hybridized carbons (Fsp3) is 0.316. The highest BCUT2D eigenvalue weighted by Crippen LogP contribution is 2.22. The molecule has 138 valence electrons. The van der Waals surface area contributed by atoms with Gasteiger partial charge in [-0.3, -0.25) is 9.78 Å². The molecule has 0 aliphatic heterocycles. The summed E-state index contributed by atoms with van der Waals surface area (Å²) in [6.07, 6.45) is 2.86. The minimum atomic E-state index is -0.437. The van der Waals surface area contributed by atoms with E-state index in [0.717, 1.165) is 22.3 Å². The Morgan fingerprint density at radius 1 is 1.27 bits per heavy atom. The Labute approximate surface area is 166 Å². The highest BCUT2D eigenvalue weighted by molar-refractivity contribution is 9.10. The lowest BCUT2D eigenvalue weighted by Gasteiger charge is -2.11. The smallest absolute Gasteiger partial charge is 0.340 e. The Morgan fingerprint density at radius 2 is 2.12 bits per heavy atom. The summed E-state index contributed by atoms with van der Waals surface area (Å²) in [4.78, 5) is 28.6. The van der Waals surface area contributed by atoms with Gasteiger partial charge in [0.25, 0.3) is 0 Å². The summed E-state index contributed by atoms with van der Waals surface area (Å²) in [6, 6.07) is 10.9. The van der Waals surface area contributed by atoms with Crippen molar-refractivity contribution >= 4 is 45.3 Å². The normalized spacial score (nSPS) is 10.4. The summed E-state index contributed by atoms with van der Waals surface area (Å²) in [5.41, 5.74) is 1.81. The molecule has 0 saturated heterocycles. The number of carbonyl (C=O) groups is 2. The molecule has 2 rings (SSSR count). The van der Waals surface area contributed by atoms with E-state index in [0.29, 0.717) is 30.0 Å². The third-order valence-electron chi connectivity index (χ3n) is 3.36. The Morgan fingerprint density at radius 3 is 2.85 bits per heavy atom. The third kappa shape index (κ3) is 6.80. The number of anilines is 1. The van der Waals surface area contributed by atoms with E-state index in [1.54, 1.807) is 36.2 Å². The van der Waals surface area contributed by atoms with E-state index in [4.69, 9.17) is 4.74 Å².